The number of phenolic OH excluding ortho intramolecular Hbond substituents is 2. The molecule has 0 aromatic heterocycles. The van der Waals surface area contributed by atoms with Crippen molar-refractivity contribution in [2.75, 3.05) is 6.54 Å². The molecule has 0 fully saturated rings. The van der Waals surface area contributed by atoms with Gasteiger partial charge in [0.15, 0.2) is 0 Å². The van der Waals surface area contributed by atoms with Gasteiger partial charge in [0.2, 0.25) is 0 Å². The van der Waals surface area contributed by atoms with Gasteiger partial charge >= 0.3 is 0 Å². The van der Waals surface area contributed by atoms with Crippen LogP contribution in [0, 0.1) is 0 Å². The van der Waals surface area contributed by atoms with E-state index in [0.717, 1.165) is 0 Å². The molecule has 0 aliphatic rings. The maximum Gasteiger partial charge on any atom is 0.290 e. The van der Waals surface area contributed by atoms with Crippen molar-refractivity contribution in [1.82, 2.24) is 10.6 Å². The highest BCUT2D eigenvalue weighted by Crippen LogP contribution is 2.16. The van der Waals surface area contributed by atoms with Crippen molar-refractivity contribution in [3.63, 3.8) is 0 Å². The van der Waals surface area contributed by atoms with Gasteiger partial charge in [-0.1, -0.05) is 24.3 Å². The summed E-state index contributed by atoms with van der Waals surface area (Å²) in [6, 6.07) is 12.2. The van der Waals surface area contributed by atoms with E-state index in [9.17, 15) is 19.8 Å². The molecule has 8 heteroatoms. The fraction of sp³-hybridized carbons (Fsp3) is 0.105. The Morgan fingerprint density at radius 3 is 2.19 bits per heavy atom. The van der Waals surface area contributed by atoms with Crippen LogP contribution < -0.4 is 10.6 Å². The number of para-hydroxylation sites is 1. The number of aromatic hydroxyl groups is 2. The molecular formula is C19H20N2O6. The van der Waals surface area contributed by atoms with Gasteiger partial charge in [0.1, 0.15) is 17.2 Å². The zero-order valence-electron chi connectivity index (χ0n) is 14.5. The van der Waals surface area contributed by atoms with Crippen LogP contribution in [-0.2, 0) is 9.59 Å². The number of rotatable bonds is 5. The van der Waals surface area contributed by atoms with Gasteiger partial charge in [-0.2, -0.15) is 0 Å². The summed E-state index contributed by atoms with van der Waals surface area (Å²) >= 11 is 0. The molecule has 5 N–H and O–H groups in total. The lowest BCUT2D eigenvalue weighted by molar-refractivity contribution is -0.123. The molecule has 2 amide bonds. The second-order valence-corrected chi connectivity index (χ2v) is 5.09. The molecule has 0 atom stereocenters. The topological polar surface area (TPSA) is 136 Å². The SMILES string of the molecule is CCNC(=O)/C(=C/c1ccc(O)cc1)NC(=O)c1ccccc1O.O=CO. The number of hydrogen-bond acceptors (Lipinski definition) is 5. The van der Waals surface area contributed by atoms with E-state index >= 15 is 0 Å². The molecule has 0 bridgehead atoms. The number of hydrogen-bond donors (Lipinski definition) is 5. The summed E-state index contributed by atoms with van der Waals surface area (Å²) in [5.41, 5.74) is 0.737. The maximum absolute atomic E-state index is 12.3. The van der Waals surface area contributed by atoms with E-state index in [4.69, 9.17) is 9.90 Å². The Morgan fingerprint density at radius 2 is 1.63 bits per heavy atom. The molecule has 0 aliphatic heterocycles. The van der Waals surface area contributed by atoms with Crippen LogP contribution in [0.5, 0.6) is 11.5 Å². The lowest BCUT2D eigenvalue weighted by atomic mass is 10.1. The lowest BCUT2D eigenvalue weighted by Gasteiger charge is -2.11. The van der Waals surface area contributed by atoms with Crippen molar-refractivity contribution >= 4 is 24.4 Å². The van der Waals surface area contributed by atoms with Crippen LogP contribution >= 0.6 is 0 Å². The third kappa shape index (κ3) is 6.91. The van der Waals surface area contributed by atoms with Crippen molar-refractivity contribution in [3.8, 4) is 11.5 Å². The summed E-state index contributed by atoms with van der Waals surface area (Å²) < 4.78 is 0. The number of phenols is 2. The Bertz CT molecular complexity index is 815. The van der Waals surface area contributed by atoms with Gasteiger partial charge in [0, 0.05) is 6.54 Å². The van der Waals surface area contributed by atoms with Crippen LogP contribution in [0.3, 0.4) is 0 Å². The first-order valence-corrected chi connectivity index (χ1v) is 7.89. The zero-order valence-corrected chi connectivity index (χ0v) is 14.5. The highest BCUT2D eigenvalue weighted by Gasteiger charge is 2.16. The molecule has 142 valence electrons. The summed E-state index contributed by atoms with van der Waals surface area (Å²) in [5.74, 6) is -1.11. The predicted octanol–water partition coefficient (Wildman–Crippen LogP) is 1.71. The number of carbonyl (C=O) groups excluding carboxylic acids is 2. The van der Waals surface area contributed by atoms with E-state index in [1.54, 1.807) is 31.2 Å². The van der Waals surface area contributed by atoms with Crippen LogP contribution in [-0.4, -0.2) is 40.2 Å². The Labute approximate surface area is 155 Å². The van der Waals surface area contributed by atoms with E-state index in [0.29, 0.717) is 12.1 Å². The molecule has 0 saturated heterocycles. The second kappa shape index (κ2) is 10.9. The van der Waals surface area contributed by atoms with Gasteiger partial charge in [-0.3, -0.25) is 14.4 Å². The molecule has 0 aliphatic carbocycles. The fourth-order valence-electron chi connectivity index (χ4n) is 2.01. The van der Waals surface area contributed by atoms with Crippen LogP contribution in [0.15, 0.2) is 54.2 Å². The maximum atomic E-state index is 12.3. The van der Waals surface area contributed by atoms with Crippen molar-refractivity contribution in [2.24, 2.45) is 0 Å². The highest BCUT2D eigenvalue weighted by molar-refractivity contribution is 6.06. The van der Waals surface area contributed by atoms with Gasteiger partial charge in [-0.05, 0) is 42.8 Å². The molecular weight excluding hydrogens is 352 g/mol. The van der Waals surface area contributed by atoms with E-state index in [2.05, 4.69) is 10.6 Å². The Morgan fingerprint density at radius 1 is 1.04 bits per heavy atom. The minimum atomic E-state index is -0.593. The van der Waals surface area contributed by atoms with Crippen LogP contribution in [0.2, 0.25) is 0 Å². The van der Waals surface area contributed by atoms with Crippen LogP contribution in [0.25, 0.3) is 6.08 Å². The van der Waals surface area contributed by atoms with Crippen molar-refractivity contribution in [2.45, 2.75) is 6.92 Å². The Kier molecular flexibility index (Phi) is 8.60. The summed E-state index contributed by atoms with van der Waals surface area (Å²) in [5, 5.41) is 31.1. The summed E-state index contributed by atoms with van der Waals surface area (Å²) in [4.78, 5) is 32.8. The summed E-state index contributed by atoms with van der Waals surface area (Å²) in [6.07, 6.45) is 1.49. The normalized spacial score (nSPS) is 10.2. The molecule has 0 heterocycles. The Hall–Kier alpha value is -3.81. The van der Waals surface area contributed by atoms with Crippen molar-refractivity contribution in [3.05, 3.63) is 65.4 Å². The predicted molar refractivity (Wildman–Crippen MR) is 99.0 cm³/mol. The van der Waals surface area contributed by atoms with E-state index in [-0.39, 0.29) is 29.2 Å². The number of carboxylic acid groups (broad SMARTS) is 1. The molecule has 0 saturated carbocycles. The molecule has 2 aromatic carbocycles. The van der Waals surface area contributed by atoms with Crippen molar-refractivity contribution in [1.29, 1.82) is 0 Å². The van der Waals surface area contributed by atoms with Gasteiger partial charge in [0.25, 0.3) is 18.3 Å². The lowest BCUT2D eigenvalue weighted by Crippen LogP contribution is -2.34. The van der Waals surface area contributed by atoms with Gasteiger partial charge in [-0.15, -0.1) is 0 Å². The fourth-order valence-corrected chi connectivity index (χ4v) is 2.01. The molecule has 0 spiro atoms. The first kappa shape index (κ1) is 21.2. The summed E-state index contributed by atoms with van der Waals surface area (Å²) in [6.45, 7) is 1.92. The summed E-state index contributed by atoms with van der Waals surface area (Å²) in [7, 11) is 0. The number of benzene rings is 2. The molecule has 0 radical (unpaired) electrons. The molecule has 2 rings (SSSR count). The van der Waals surface area contributed by atoms with E-state index in [1.165, 1.54) is 30.3 Å². The Balaban J connectivity index is 0.00000114. The molecule has 0 unspecified atom stereocenters. The smallest absolute Gasteiger partial charge is 0.290 e. The van der Waals surface area contributed by atoms with E-state index < -0.39 is 11.8 Å². The second-order valence-electron chi connectivity index (χ2n) is 5.09. The molecule has 27 heavy (non-hydrogen) atoms. The van der Waals surface area contributed by atoms with Crippen molar-refractivity contribution < 1.29 is 29.7 Å². The first-order valence-electron chi connectivity index (χ1n) is 7.89. The average Bonchev–Trinajstić information content (AvgIpc) is 2.64. The number of nitrogens with one attached hydrogen (secondary N) is 2. The van der Waals surface area contributed by atoms with Gasteiger partial charge in [0.05, 0.1) is 5.56 Å². The third-order valence-electron chi connectivity index (χ3n) is 3.18. The molecule has 8 nitrogen and oxygen atoms in total. The largest absolute Gasteiger partial charge is 0.508 e. The standard InChI is InChI=1S/C18H18N2O4.CH2O2/c1-2-19-18(24)15(11-12-7-9-13(21)10-8-12)20-17(23)14-5-3-4-6-16(14)22;2-1-3/h3-11,21-22H,2H2,1H3,(H,19,24)(H,20,23);1H,(H,2,3)/b15-11-;. The zero-order chi connectivity index (χ0) is 20.2. The monoisotopic (exact) mass is 372 g/mol. The van der Waals surface area contributed by atoms with Gasteiger partial charge in [-0.25, -0.2) is 0 Å². The van der Waals surface area contributed by atoms with E-state index in [1.807, 2.05) is 0 Å². The minimum Gasteiger partial charge on any atom is -0.508 e. The molecule has 2 aromatic rings. The number of likely N-dealkylation sites (N-methyl/N-ethyl adjacent to an activating group) is 1. The average molecular weight is 372 g/mol. The van der Waals surface area contributed by atoms with Gasteiger partial charge < -0.3 is 26.0 Å². The first-order chi connectivity index (χ1) is 12.9. The van der Waals surface area contributed by atoms with Crippen LogP contribution in [0.4, 0.5) is 0 Å². The third-order valence-corrected chi connectivity index (χ3v) is 3.18. The quantitative estimate of drug-likeness (QED) is 0.400. The highest BCUT2D eigenvalue weighted by atomic mass is 16.3. The minimum absolute atomic E-state index is 0.0378. The number of carbonyl (C=O) groups is 3. The number of amides is 2. The van der Waals surface area contributed by atoms with Crippen LogP contribution in [0.1, 0.15) is 22.8 Å².